The van der Waals surface area contributed by atoms with Gasteiger partial charge in [-0.15, -0.1) is 0 Å². The average Bonchev–Trinajstić information content (AvgIpc) is 2.26. The molecule has 0 saturated heterocycles. The summed E-state index contributed by atoms with van der Waals surface area (Å²) < 4.78 is 0.634. The predicted molar refractivity (Wildman–Crippen MR) is 68.2 cm³/mol. The van der Waals surface area contributed by atoms with Crippen molar-refractivity contribution in [1.29, 1.82) is 0 Å². The smallest absolute Gasteiger partial charge is 0.153 e. The molecule has 15 heavy (non-hydrogen) atoms. The summed E-state index contributed by atoms with van der Waals surface area (Å²) in [7, 11) is 0. The molecule has 0 unspecified atom stereocenters. The minimum atomic E-state index is 0.634. The largest absolute Gasteiger partial charge is 0.262 e. The van der Waals surface area contributed by atoms with Crippen LogP contribution in [0.5, 0.6) is 0 Å². The number of aromatic nitrogens is 2. The van der Waals surface area contributed by atoms with Crippen molar-refractivity contribution in [2.24, 2.45) is 5.10 Å². The van der Waals surface area contributed by atoms with Gasteiger partial charge in [0, 0.05) is 6.20 Å². The Labute approximate surface area is 98.6 Å². The fourth-order valence-corrected chi connectivity index (χ4v) is 0.994. The minimum absolute atomic E-state index is 0.634. The van der Waals surface area contributed by atoms with E-state index in [1.165, 1.54) is 11.8 Å². The summed E-state index contributed by atoms with van der Waals surface area (Å²) in [5.74, 6) is 0. The normalized spacial score (nSPS) is 11.3. The zero-order valence-corrected chi connectivity index (χ0v) is 10.4. The molecule has 1 rings (SSSR count). The number of hydrazone groups is 1. The SMILES string of the molecule is CSC(=S)N/N=C(\C)c1cnc(C)cn1. The molecule has 0 fully saturated rings. The second kappa shape index (κ2) is 5.77. The van der Waals surface area contributed by atoms with Crippen molar-refractivity contribution in [3.8, 4) is 0 Å². The van der Waals surface area contributed by atoms with Crippen molar-refractivity contribution in [2.45, 2.75) is 13.8 Å². The van der Waals surface area contributed by atoms with Crippen molar-refractivity contribution in [1.82, 2.24) is 15.4 Å². The molecule has 0 spiro atoms. The maximum absolute atomic E-state index is 4.95. The molecule has 0 radical (unpaired) electrons. The van der Waals surface area contributed by atoms with Gasteiger partial charge in [-0.25, -0.2) is 0 Å². The van der Waals surface area contributed by atoms with Crippen LogP contribution in [0.1, 0.15) is 18.3 Å². The van der Waals surface area contributed by atoms with Crippen LogP contribution in [0.15, 0.2) is 17.5 Å². The third kappa shape index (κ3) is 3.93. The second-order valence-corrected chi connectivity index (χ2v) is 4.33. The molecule has 1 aromatic rings. The van der Waals surface area contributed by atoms with E-state index in [4.69, 9.17) is 12.2 Å². The molecular formula is C9H12N4S2. The Bertz CT molecular complexity index is 372. The summed E-state index contributed by atoms with van der Waals surface area (Å²) in [6.45, 7) is 3.75. The van der Waals surface area contributed by atoms with Crippen LogP contribution in [-0.4, -0.2) is 26.3 Å². The van der Waals surface area contributed by atoms with Gasteiger partial charge in [-0.3, -0.25) is 15.4 Å². The van der Waals surface area contributed by atoms with Gasteiger partial charge >= 0.3 is 0 Å². The van der Waals surface area contributed by atoms with E-state index in [1.807, 2.05) is 20.1 Å². The van der Waals surface area contributed by atoms with E-state index < -0.39 is 0 Å². The molecule has 1 N–H and O–H groups in total. The number of hydrogen-bond donors (Lipinski definition) is 1. The highest BCUT2D eigenvalue weighted by atomic mass is 32.2. The van der Waals surface area contributed by atoms with Crippen molar-refractivity contribution < 1.29 is 0 Å². The van der Waals surface area contributed by atoms with Crippen molar-refractivity contribution in [2.75, 3.05) is 6.26 Å². The standard InChI is InChI=1S/C9H12N4S2/c1-6-4-11-8(5-10-6)7(2)12-13-9(14)15-3/h4-5H,1-3H3,(H,13,14)/b12-7+. The summed E-state index contributed by atoms with van der Waals surface area (Å²) in [5, 5.41) is 4.10. The molecular weight excluding hydrogens is 228 g/mol. The van der Waals surface area contributed by atoms with E-state index >= 15 is 0 Å². The Kier molecular flexibility index (Phi) is 4.64. The second-order valence-electron chi connectivity index (χ2n) is 2.84. The van der Waals surface area contributed by atoms with Crippen molar-refractivity contribution >= 4 is 34.0 Å². The molecule has 0 atom stereocenters. The molecule has 0 aliphatic heterocycles. The van der Waals surface area contributed by atoms with Gasteiger partial charge < -0.3 is 0 Å². The maximum Gasteiger partial charge on any atom is 0.153 e. The van der Waals surface area contributed by atoms with Crippen LogP contribution in [0.25, 0.3) is 0 Å². The van der Waals surface area contributed by atoms with Crippen LogP contribution >= 0.6 is 24.0 Å². The highest BCUT2D eigenvalue weighted by Gasteiger charge is 1.99. The third-order valence-corrected chi connectivity index (χ3v) is 2.71. The third-order valence-electron chi connectivity index (χ3n) is 1.65. The Balaban J connectivity index is 2.71. The summed E-state index contributed by atoms with van der Waals surface area (Å²) in [5.41, 5.74) is 5.16. The lowest BCUT2D eigenvalue weighted by Gasteiger charge is -2.01. The number of nitrogens with zero attached hydrogens (tertiary/aromatic N) is 3. The summed E-state index contributed by atoms with van der Waals surface area (Å²) in [6, 6.07) is 0. The number of thioether (sulfide) groups is 1. The number of aryl methyl sites for hydroxylation is 1. The lowest BCUT2D eigenvalue weighted by Crippen LogP contribution is -2.14. The van der Waals surface area contributed by atoms with Gasteiger partial charge in [-0.2, -0.15) is 5.10 Å². The molecule has 0 aliphatic carbocycles. The minimum Gasteiger partial charge on any atom is -0.262 e. The predicted octanol–water partition coefficient (Wildman–Crippen LogP) is 1.75. The Morgan fingerprint density at radius 1 is 1.47 bits per heavy atom. The fourth-order valence-electron chi connectivity index (χ4n) is 0.812. The molecule has 0 aromatic carbocycles. The molecule has 80 valence electrons. The van der Waals surface area contributed by atoms with Crippen LogP contribution in [0, 0.1) is 6.92 Å². The summed E-state index contributed by atoms with van der Waals surface area (Å²) in [4.78, 5) is 8.34. The Hall–Kier alpha value is -1.01. The van der Waals surface area contributed by atoms with E-state index in [2.05, 4.69) is 20.5 Å². The van der Waals surface area contributed by atoms with Crippen LogP contribution in [0.4, 0.5) is 0 Å². The first kappa shape index (κ1) is 12.1. The van der Waals surface area contributed by atoms with E-state index in [0.29, 0.717) is 4.32 Å². The first-order valence-corrected chi connectivity index (χ1v) is 5.94. The zero-order valence-electron chi connectivity index (χ0n) is 8.81. The maximum atomic E-state index is 4.95. The molecule has 1 heterocycles. The topological polar surface area (TPSA) is 50.2 Å². The first-order chi connectivity index (χ1) is 7.13. The lowest BCUT2D eigenvalue weighted by atomic mass is 10.3. The molecule has 1 aromatic heterocycles. The van der Waals surface area contributed by atoms with E-state index in [9.17, 15) is 0 Å². The van der Waals surface area contributed by atoms with Crippen LogP contribution < -0.4 is 5.43 Å². The zero-order chi connectivity index (χ0) is 11.3. The molecule has 0 saturated carbocycles. The molecule has 6 heteroatoms. The first-order valence-electron chi connectivity index (χ1n) is 4.30. The lowest BCUT2D eigenvalue weighted by molar-refractivity contribution is 1.04. The summed E-state index contributed by atoms with van der Waals surface area (Å²) in [6.07, 6.45) is 5.30. The van der Waals surface area contributed by atoms with E-state index in [0.717, 1.165) is 17.1 Å². The van der Waals surface area contributed by atoms with Crippen molar-refractivity contribution in [3.05, 3.63) is 23.8 Å². The number of hydrogen-bond acceptors (Lipinski definition) is 5. The highest BCUT2D eigenvalue weighted by Crippen LogP contribution is 1.98. The van der Waals surface area contributed by atoms with Gasteiger partial charge in [-0.05, 0) is 20.1 Å². The van der Waals surface area contributed by atoms with Crippen LogP contribution in [-0.2, 0) is 0 Å². The average molecular weight is 240 g/mol. The van der Waals surface area contributed by atoms with Crippen LogP contribution in [0.2, 0.25) is 0 Å². The van der Waals surface area contributed by atoms with Gasteiger partial charge in [0.25, 0.3) is 0 Å². The Morgan fingerprint density at radius 3 is 2.73 bits per heavy atom. The van der Waals surface area contributed by atoms with E-state index in [-0.39, 0.29) is 0 Å². The van der Waals surface area contributed by atoms with Gasteiger partial charge in [0.1, 0.15) is 5.69 Å². The fraction of sp³-hybridized carbons (Fsp3) is 0.333. The molecule has 0 bridgehead atoms. The monoisotopic (exact) mass is 240 g/mol. The quantitative estimate of drug-likeness (QED) is 0.485. The summed E-state index contributed by atoms with van der Waals surface area (Å²) >= 11 is 6.39. The Morgan fingerprint density at radius 2 is 2.20 bits per heavy atom. The van der Waals surface area contributed by atoms with Gasteiger partial charge in [0.15, 0.2) is 4.32 Å². The number of thiocarbonyl (C=S) groups is 1. The van der Waals surface area contributed by atoms with E-state index in [1.54, 1.807) is 12.4 Å². The van der Waals surface area contributed by atoms with Gasteiger partial charge in [0.2, 0.25) is 0 Å². The van der Waals surface area contributed by atoms with Crippen LogP contribution in [0.3, 0.4) is 0 Å². The number of rotatable bonds is 2. The van der Waals surface area contributed by atoms with Crippen molar-refractivity contribution in [3.63, 3.8) is 0 Å². The molecule has 4 nitrogen and oxygen atoms in total. The molecule has 0 aliphatic rings. The molecule has 0 amide bonds. The highest BCUT2D eigenvalue weighted by molar-refractivity contribution is 8.22. The van der Waals surface area contributed by atoms with Gasteiger partial charge in [0.05, 0.1) is 17.6 Å². The van der Waals surface area contributed by atoms with Gasteiger partial charge in [-0.1, -0.05) is 24.0 Å². The number of nitrogens with one attached hydrogen (secondary N) is 1.